The van der Waals surface area contributed by atoms with Crippen LogP contribution >= 0.6 is 11.8 Å². The molecule has 1 fully saturated rings. The zero-order valence-electron chi connectivity index (χ0n) is 11.0. The molecule has 0 bridgehead atoms. The molecule has 3 atom stereocenters. The second-order valence-corrected chi connectivity index (χ2v) is 5.90. The van der Waals surface area contributed by atoms with E-state index in [1.807, 2.05) is 0 Å². The van der Waals surface area contributed by atoms with Crippen molar-refractivity contribution in [2.45, 2.75) is 63.8 Å². The van der Waals surface area contributed by atoms with Gasteiger partial charge in [-0.1, -0.05) is 39.0 Å². The fraction of sp³-hybridized carbons (Fsp3) is 0.923. The quantitative estimate of drug-likeness (QED) is 0.496. The molecule has 0 spiro atoms. The van der Waals surface area contributed by atoms with Crippen LogP contribution in [0.5, 0.6) is 0 Å². The number of carbonyl (C=O) groups is 1. The van der Waals surface area contributed by atoms with Gasteiger partial charge in [0.1, 0.15) is 12.2 Å². The first-order chi connectivity index (χ1) is 8.66. The maximum atomic E-state index is 11.0. The molecule has 106 valence electrons. The Bertz CT molecular complexity index is 247. The molecular weight excluding hydrogens is 252 g/mol. The van der Waals surface area contributed by atoms with Crippen LogP contribution < -0.4 is 0 Å². The normalized spacial score (nSPS) is 27.5. The van der Waals surface area contributed by atoms with Gasteiger partial charge in [-0.3, -0.25) is 0 Å². The topological polar surface area (TPSA) is 66.8 Å². The molecule has 0 amide bonds. The van der Waals surface area contributed by atoms with Gasteiger partial charge >= 0.3 is 5.97 Å². The van der Waals surface area contributed by atoms with Crippen LogP contribution in [0.3, 0.4) is 0 Å². The zero-order valence-corrected chi connectivity index (χ0v) is 11.8. The fourth-order valence-corrected chi connectivity index (χ4v) is 3.02. The highest BCUT2D eigenvalue weighted by atomic mass is 32.2. The average molecular weight is 276 g/mol. The van der Waals surface area contributed by atoms with Crippen LogP contribution in [0.1, 0.15) is 45.4 Å². The van der Waals surface area contributed by atoms with Crippen molar-refractivity contribution in [3.63, 3.8) is 0 Å². The summed E-state index contributed by atoms with van der Waals surface area (Å²) in [4.78, 5) is 11.0. The Labute approximate surface area is 113 Å². The van der Waals surface area contributed by atoms with E-state index in [0.717, 1.165) is 12.2 Å². The standard InChI is InChI=1S/C13H24O4S/c1-2-3-4-5-6-7-8-18-9-10-11(14)12(15)13(16)17-10/h10-12,14-15H,2-9H2,1H3/t10-,11-,12+/m1/s1. The highest BCUT2D eigenvalue weighted by Gasteiger charge is 2.42. The number of esters is 1. The van der Waals surface area contributed by atoms with Crippen LogP contribution in [0.25, 0.3) is 0 Å². The third-order valence-corrected chi connectivity index (χ3v) is 4.28. The van der Waals surface area contributed by atoms with Gasteiger partial charge in [0.15, 0.2) is 6.10 Å². The Morgan fingerprint density at radius 1 is 1.17 bits per heavy atom. The summed E-state index contributed by atoms with van der Waals surface area (Å²) >= 11 is 1.67. The van der Waals surface area contributed by atoms with Gasteiger partial charge in [-0.05, 0) is 12.2 Å². The first-order valence-electron chi connectivity index (χ1n) is 6.81. The Balaban J connectivity index is 1.97. The van der Waals surface area contributed by atoms with E-state index in [1.165, 1.54) is 32.1 Å². The van der Waals surface area contributed by atoms with E-state index < -0.39 is 24.3 Å². The minimum atomic E-state index is -1.36. The summed E-state index contributed by atoms with van der Waals surface area (Å²) in [5, 5.41) is 18.7. The molecule has 0 aromatic rings. The molecule has 1 rings (SSSR count). The largest absolute Gasteiger partial charge is 0.457 e. The number of unbranched alkanes of at least 4 members (excludes halogenated alkanes) is 5. The lowest BCUT2D eigenvalue weighted by atomic mass is 10.1. The van der Waals surface area contributed by atoms with Crippen LogP contribution in [0.15, 0.2) is 0 Å². The van der Waals surface area contributed by atoms with Crippen molar-refractivity contribution in [1.29, 1.82) is 0 Å². The molecule has 1 aliphatic heterocycles. The molecule has 0 saturated carbocycles. The minimum Gasteiger partial charge on any atom is -0.457 e. The molecule has 18 heavy (non-hydrogen) atoms. The number of hydrogen-bond donors (Lipinski definition) is 2. The third kappa shape index (κ3) is 5.16. The maximum Gasteiger partial charge on any atom is 0.338 e. The summed E-state index contributed by atoms with van der Waals surface area (Å²) in [5.41, 5.74) is 0. The molecule has 1 saturated heterocycles. The summed E-state index contributed by atoms with van der Waals surface area (Å²) in [6.45, 7) is 2.21. The van der Waals surface area contributed by atoms with Crippen molar-refractivity contribution < 1.29 is 19.7 Å². The molecule has 0 aromatic heterocycles. The summed E-state index contributed by atoms with van der Waals surface area (Å²) < 4.78 is 4.89. The van der Waals surface area contributed by atoms with E-state index in [0.29, 0.717) is 5.75 Å². The van der Waals surface area contributed by atoms with E-state index in [4.69, 9.17) is 4.74 Å². The van der Waals surface area contributed by atoms with Crippen LogP contribution in [0, 0.1) is 0 Å². The lowest BCUT2D eigenvalue weighted by molar-refractivity contribution is -0.146. The molecule has 0 aromatic carbocycles. The van der Waals surface area contributed by atoms with E-state index in [1.54, 1.807) is 11.8 Å². The smallest absolute Gasteiger partial charge is 0.338 e. The number of cyclic esters (lactones) is 1. The van der Waals surface area contributed by atoms with Crippen molar-refractivity contribution in [3.05, 3.63) is 0 Å². The van der Waals surface area contributed by atoms with Gasteiger partial charge in [0.25, 0.3) is 0 Å². The first-order valence-corrected chi connectivity index (χ1v) is 7.96. The average Bonchev–Trinajstić information content (AvgIpc) is 2.60. The SMILES string of the molecule is CCCCCCCCSC[C@H]1OC(=O)[C@@H](O)[C@@H]1O. The Hall–Kier alpha value is -0.260. The molecule has 0 aliphatic carbocycles. The highest BCUT2D eigenvalue weighted by molar-refractivity contribution is 7.99. The predicted octanol–water partition coefficient (Wildman–Crippen LogP) is 1.73. The van der Waals surface area contributed by atoms with Crippen molar-refractivity contribution in [2.24, 2.45) is 0 Å². The van der Waals surface area contributed by atoms with E-state index >= 15 is 0 Å². The van der Waals surface area contributed by atoms with Gasteiger partial charge in [-0.15, -0.1) is 0 Å². The number of ether oxygens (including phenoxy) is 1. The van der Waals surface area contributed by atoms with Crippen molar-refractivity contribution in [3.8, 4) is 0 Å². The monoisotopic (exact) mass is 276 g/mol. The van der Waals surface area contributed by atoms with Crippen molar-refractivity contribution >= 4 is 17.7 Å². The summed E-state index contributed by atoms with van der Waals surface area (Å²) in [6, 6.07) is 0. The van der Waals surface area contributed by atoms with Gasteiger partial charge in [0.2, 0.25) is 0 Å². The molecule has 5 heteroatoms. The predicted molar refractivity (Wildman–Crippen MR) is 72.6 cm³/mol. The Morgan fingerprint density at radius 3 is 2.44 bits per heavy atom. The number of carbonyl (C=O) groups excluding carboxylic acids is 1. The van der Waals surface area contributed by atoms with Gasteiger partial charge in [-0.25, -0.2) is 4.79 Å². The van der Waals surface area contributed by atoms with Gasteiger partial charge in [-0.2, -0.15) is 11.8 Å². The molecule has 1 heterocycles. The minimum absolute atomic E-state index is 0.544. The van der Waals surface area contributed by atoms with Crippen molar-refractivity contribution in [1.82, 2.24) is 0 Å². The second kappa shape index (κ2) is 8.77. The van der Waals surface area contributed by atoms with Crippen LogP contribution in [-0.2, 0) is 9.53 Å². The molecule has 0 unspecified atom stereocenters. The molecule has 2 N–H and O–H groups in total. The number of aliphatic hydroxyl groups is 2. The van der Waals surface area contributed by atoms with Crippen LogP contribution in [0.2, 0.25) is 0 Å². The first kappa shape index (κ1) is 15.8. The Kier molecular flexibility index (Phi) is 7.70. The summed E-state index contributed by atoms with van der Waals surface area (Å²) in [7, 11) is 0. The lowest BCUT2D eigenvalue weighted by Gasteiger charge is -2.12. The lowest BCUT2D eigenvalue weighted by Crippen LogP contribution is -2.32. The summed E-state index contributed by atoms with van der Waals surface area (Å²) in [5.74, 6) is 0.884. The third-order valence-electron chi connectivity index (χ3n) is 3.14. The highest BCUT2D eigenvalue weighted by Crippen LogP contribution is 2.20. The van der Waals surface area contributed by atoms with E-state index in [-0.39, 0.29) is 0 Å². The van der Waals surface area contributed by atoms with E-state index in [9.17, 15) is 15.0 Å². The molecular formula is C13H24O4S. The van der Waals surface area contributed by atoms with Crippen LogP contribution in [0.4, 0.5) is 0 Å². The summed E-state index contributed by atoms with van der Waals surface area (Å²) in [6.07, 6.45) is 4.62. The van der Waals surface area contributed by atoms with Gasteiger partial charge in [0.05, 0.1) is 0 Å². The second-order valence-electron chi connectivity index (χ2n) is 4.75. The zero-order chi connectivity index (χ0) is 13.4. The van der Waals surface area contributed by atoms with Crippen LogP contribution in [-0.4, -0.2) is 46.0 Å². The molecule has 0 radical (unpaired) electrons. The Morgan fingerprint density at radius 2 is 1.83 bits per heavy atom. The van der Waals surface area contributed by atoms with Gasteiger partial charge < -0.3 is 14.9 Å². The number of aliphatic hydroxyl groups excluding tert-OH is 2. The number of thioether (sulfide) groups is 1. The molecule has 4 nitrogen and oxygen atoms in total. The number of hydrogen-bond acceptors (Lipinski definition) is 5. The molecule has 1 aliphatic rings. The maximum absolute atomic E-state index is 11.0. The van der Waals surface area contributed by atoms with Crippen molar-refractivity contribution in [2.75, 3.05) is 11.5 Å². The van der Waals surface area contributed by atoms with Gasteiger partial charge in [0, 0.05) is 5.75 Å². The number of rotatable bonds is 9. The fourth-order valence-electron chi connectivity index (χ4n) is 1.95. The van der Waals surface area contributed by atoms with E-state index in [2.05, 4.69) is 6.92 Å².